The van der Waals surface area contributed by atoms with Gasteiger partial charge in [-0.1, -0.05) is 29.9 Å². The molecule has 1 atom stereocenters. The smallest absolute Gasteiger partial charge is 0.237 e. The maximum Gasteiger partial charge on any atom is 0.237 e. The molecular weight excluding hydrogens is 228 g/mol. The molecule has 0 aliphatic carbocycles. The van der Waals surface area contributed by atoms with E-state index >= 15 is 0 Å². The van der Waals surface area contributed by atoms with Crippen molar-refractivity contribution in [2.75, 3.05) is 18.0 Å². The van der Waals surface area contributed by atoms with E-state index in [2.05, 4.69) is 10.0 Å². The summed E-state index contributed by atoms with van der Waals surface area (Å²) in [7, 11) is 0. The van der Waals surface area contributed by atoms with Crippen LogP contribution in [0.1, 0.15) is 6.92 Å². The van der Waals surface area contributed by atoms with Crippen molar-refractivity contribution in [3.05, 3.63) is 52.9 Å². The van der Waals surface area contributed by atoms with E-state index < -0.39 is 5.41 Å². The van der Waals surface area contributed by atoms with Crippen LogP contribution in [-0.2, 0) is 4.79 Å². The van der Waals surface area contributed by atoms with E-state index in [-0.39, 0.29) is 12.5 Å². The van der Waals surface area contributed by atoms with Crippen molar-refractivity contribution < 1.29 is 4.79 Å². The average Bonchev–Trinajstić information content (AvgIpc) is 2.62. The largest absolute Gasteiger partial charge is 0.308 e. The minimum absolute atomic E-state index is 0.0531. The Morgan fingerprint density at radius 3 is 2.78 bits per heavy atom. The number of carbonyl (C=O) groups excluding carboxylic acids is 1. The van der Waals surface area contributed by atoms with Gasteiger partial charge in [0.15, 0.2) is 0 Å². The molecule has 1 aromatic rings. The van der Waals surface area contributed by atoms with E-state index in [1.165, 1.54) is 0 Å². The van der Waals surface area contributed by atoms with Gasteiger partial charge in [0.25, 0.3) is 0 Å². The van der Waals surface area contributed by atoms with E-state index in [1.54, 1.807) is 11.8 Å². The van der Waals surface area contributed by atoms with Gasteiger partial charge in [0.05, 0.1) is 5.41 Å². The van der Waals surface area contributed by atoms with Crippen LogP contribution in [0.4, 0.5) is 5.69 Å². The molecule has 0 bridgehead atoms. The molecule has 0 saturated carbocycles. The molecule has 18 heavy (non-hydrogen) atoms. The number of amides is 1. The van der Waals surface area contributed by atoms with Gasteiger partial charge in [-0.2, -0.15) is 0 Å². The van der Waals surface area contributed by atoms with Gasteiger partial charge in [-0.25, -0.2) is 0 Å². The van der Waals surface area contributed by atoms with Crippen LogP contribution < -0.4 is 4.90 Å². The number of nitrogens with zero attached hydrogens (tertiary/aromatic N) is 4. The first-order valence-corrected chi connectivity index (χ1v) is 5.59. The van der Waals surface area contributed by atoms with Gasteiger partial charge in [0.1, 0.15) is 0 Å². The molecule has 2 rings (SSSR count). The zero-order chi connectivity index (χ0) is 13.2. The third-order valence-electron chi connectivity index (χ3n) is 3.27. The van der Waals surface area contributed by atoms with Crippen molar-refractivity contribution in [1.82, 2.24) is 0 Å². The summed E-state index contributed by atoms with van der Waals surface area (Å²) >= 11 is 0. The summed E-state index contributed by atoms with van der Waals surface area (Å²) in [5.41, 5.74) is 8.81. The predicted molar refractivity (Wildman–Crippen MR) is 68.7 cm³/mol. The summed E-state index contributed by atoms with van der Waals surface area (Å²) in [6, 6.07) is 9.31. The number of anilines is 1. The molecule has 1 aliphatic heterocycles. The van der Waals surface area contributed by atoms with E-state index in [0.717, 1.165) is 5.69 Å². The van der Waals surface area contributed by atoms with Crippen LogP contribution in [0.5, 0.6) is 0 Å². The Bertz CT molecular complexity index is 533. The number of benzene rings is 1. The van der Waals surface area contributed by atoms with Crippen molar-refractivity contribution in [2.24, 2.45) is 10.5 Å². The first kappa shape index (κ1) is 12.2. The van der Waals surface area contributed by atoms with Gasteiger partial charge in [-0.15, -0.1) is 0 Å². The Hall–Kier alpha value is -2.26. The Morgan fingerprint density at radius 2 is 2.17 bits per heavy atom. The molecule has 1 saturated heterocycles. The molecule has 0 aromatic heterocycles. The topological polar surface area (TPSA) is 69.1 Å². The highest BCUT2D eigenvalue weighted by Crippen LogP contribution is 2.38. The molecule has 1 radical (unpaired) electrons. The number of para-hydroxylation sites is 1. The molecule has 1 aromatic carbocycles. The maximum atomic E-state index is 12.4. The minimum atomic E-state index is -0.901. The minimum Gasteiger partial charge on any atom is -0.308 e. The molecule has 1 aliphatic rings. The van der Waals surface area contributed by atoms with E-state index in [0.29, 0.717) is 12.1 Å². The lowest BCUT2D eigenvalue weighted by Gasteiger charge is -2.21. The molecule has 1 unspecified atom stereocenters. The van der Waals surface area contributed by atoms with Crippen molar-refractivity contribution >= 4 is 11.6 Å². The second kappa shape index (κ2) is 4.55. The number of hydrogen-bond donors (Lipinski definition) is 0. The van der Waals surface area contributed by atoms with Crippen LogP contribution in [0, 0.1) is 12.0 Å². The van der Waals surface area contributed by atoms with Gasteiger partial charge in [0.2, 0.25) is 5.91 Å². The Balaban J connectivity index is 2.32. The fourth-order valence-corrected chi connectivity index (χ4v) is 2.01. The van der Waals surface area contributed by atoms with Crippen molar-refractivity contribution in [1.29, 1.82) is 0 Å². The Kier molecular flexibility index (Phi) is 3.08. The summed E-state index contributed by atoms with van der Waals surface area (Å²) in [6.07, 6.45) is 0. The van der Waals surface area contributed by atoms with Gasteiger partial charge in [0, 0.05) is 23.7 Å². The number of rotatable bonds is 3. The average molecular weight is 241 g/mol. The molecule has 91 valence electrons. The summed E-state index contributed by atoms with van der Waals surface area (Å²) in [6.45, 7) is 8.07. The molecule has 5 heteroatoms. The lowest BCUT2D eigenvalue weighted by atomic mass is 9.85. The van der Waals surface area contributed by atoms with Gasteiger partial charge in [-0.3, -0.25) is 4.79 Å². The van der Waals surface area contributed by atoms with Gasteiger partial charge < -0.3 is 4.90 Å². The van der Waals surface area contributed by atoms with Crippen LogP contribution in [-0.4, -0.2) is 19.0 Å². The van der Waals surface area contributed by atoms with Crippen LogP contribution >= 0.6 is 0 Å². The fraction of sp³-hybridized carbons (Fsp3) is 0.308. The van der Waals surface area contributed by atoms with Crippen molar-refractivity contribution in [3.8, 4) is 0 Å². The van der Waals surface area contributed by atoms with Gasteiger partial charge in [-0.05, 0) is 30.2 Å². The maximum absolute atomic E-state index is 12.4. The molecule has 1 fully saturated rings. The quantitative estimate of drug-likeness (QED) is 0.455. The molecule has 0 N–H and O–H groups in total. The highest BCUT2D eigenvalue weighted by molar-refractivity contribution is 6.03. The zero-order valence-corrected chi connectivity index (χ0v) is 10.1. The summed E-state index contributed by atoms with van der Waals surface area (Å²) < 4.78 is 0. The molecular formula is C13H13N4O. The van der Waals surface area contributed by atoms with E-state index in [9.17, 15) is 4.79 Å². The van der Waals surface area contributed by atoms with Crippen LogP contribution in [0.3, 0.4) is 0 Å². The van der Waals surface area contributed by atoms with Gasteiger partial charge >= 0.3 is 0 Å². The van der Waals surface area contributed by atoms with Crippen LogP contribution in [0.15, 0.2) is 41.0 Å². The van der Waals surface area contributed by atoms with E-state index in [4.69, 9.17) is 12.1 Å². The third-order valence-corrected chi connectivity index (χ3v) is 3.27. The summed E-state index contributed by atoms with van der Waals surface area (Å²) in [5.74, 6) is -0.126. The van der Waals surface area contributed by atoms with Crippen molar-refractivity contribution in [3.63, 3.8) is 0 Å². The third kappa shape index (κ3) is 1.85. The zero-order valence-electron chi connectivity index (χ0n) is 10.1. The summed E-state index contributed by atoms with van der Waals surface area (Å²) in [4.78, 5) is 16.7. The first-order valence-electron chi connectivity index (χ1n) is 5.59. The highest BCUT2D eigenvalue weighted by atomic mass is 16.2. The number of azide groups is 1. The summed E-state index contributed by atoms with van der Waals surface area (Å²) in [5, 5.41) is 3.49. The number of carbonyl (C=O) groups is 1. The standard InChI is InChI=1S/C13H13N4O/c1-10-8-17(11-6-4-3-5-7-11)12(18)13(10,2)9-15-16-14/h1,3-7H,8-9H2,2H3. The van der Waals surface area contributed by atoms with Crippen LogP contribution in [0.2, 0.25) is 0 Å². The normalized spacial score (nSPS) is 23.1. The number of hydrogen-bond acceptors (Lipinski definition) is 2. The highest BCUT2D eigenvalue weighted by Gasteiger charge is 2.45. The van der Waals surface area contributed by atoms with E-state index in [1.807, 2.05) is 30.3 Å². The lowest BCUT2D eigenvalue weighted by molar-refractivity contribution is -0.123. The SMILES string of the molecule is [CH]=C1CN(c2ccccc2)C(=O)C1(C)CN=[N+]=[N-]. The fourth-order valence-electron chi connectivity index (χ4n) is 2.01. The Labute approximate surface area is 105 Å². The second-order valence-corrected chi connectivity index (χ2v) is 4.47. The molecule has 5 nitrogen and oxygen atoms in total. The molecule has 1 amide bonds. The van der Waals surface area contributed by atoms with Crippen molar-refractivity contribution in [2.45, 2.75) is 6.92 Å². The van der Waals surface area contributed by atoms with Crippen LogP contribution in [0.25, 0.3) is 10.4 Å². The first-order chi connectivity index (χ1) is 8.59. The lowest BCUT2D eigenvalue weighted by Crippen LogP contribution is -2.34. The predicted octanol–water partition coefficient (Wildman–Crippen LogP) is 2.71. The Morgan fingerprint density at radius 1 is 1.50 bits per heavy atom. The second-order valence-electron chi connectivity index (χ2n) is 4.47. The monoisotopic (exact) mass is 241 g/mol. The molecule has 1 heterocycles. The molecule has 0 spiro atoms.